The second kappa shape index (κ2) is 10.5. The normalized spacial score (nSPS) is 25.9. The third-order valence-electron chi connectivity index (χ3n) is 7.00. The first kappa shape index (κ1) is 22.1. The number of hydrogen-bond donors (Lipinski definition) is 1. The molecule has 1 N–H and O–H groups in total. The van der Waals surface area contributed by atoms with Crippen molar-refractivity contribution >= 4 is 11.8 Å². The Morgan fingerprint density at radius 3 is 2.71 bits per heavy atom. The molecule has 6 heteroatoms. The molecule has 0 spiro atoms. The van der Waals surface area contributed by atoms with Crippen LogP contribution in [-0.2, 0) is 4.74 Å². The quantitative estimate of drug-likeness (QED) is 0.740. The highest BCUT2D eigenvalue weighted by molar-refractivity contribution is 5.98. The average Bonchev–Trinajstić information content (AvgIpc) is 3.15. The molecule has 0 aromatic carbocycles. The molecule has 0 bridgehead atoms. The lowest BCUT2D eigenvalue weighted by Crippen LogP contribution is -2.37. The van der Waals surface area contributed by atoms with Crippen LogP contribution in [0.3, 0.4) is 0 Å². The molecule has 0 saturated carbocycles. The van der Waals surface area contributed by atoms with Gasteiger partial charge in [-0.1, -0.05) is 0 Å². The second-order valence-electron chi connectivity index (χ2n) is 9.47. The van der Waals surface area contributed by atoms with Gasteiger partial charge in [0, 0.05) is 26.1 Å². The number of piperidine rings is 1. The lowest BCUT2D eigenvalue weighted by molar-refractivity contribution is 0.299. The van der Waals surface area contributed by atoms with E-state index in [0.717, 1.165) is 67.2 Å². The van der Waals surface area contributed by atoms with E-state index in [1.807, 2.05) is 0 Å². The Labute approximate surface area is 187 Å². The zero-order valence-electron chi connectivity index (χ0n) is 19.6. The highest BCUT2D eigenvalue weighted by Gasteiger charge is 2.23. The van der Waals surface area contributed by atoms with Crippen molar-refractivity contribution < 1.29 is 4.74 Å². The maximum atomic E-state index is 5.60. The minimum Gasteiger partial charge on any atom is -0.497 e. The van der Waals surface area contributed by atoms with Gasteiger partial charge in [0.15, 0.2) is 0 Å². The maximum Gasteiger partial charge on any atom is 0.227 e. The van der Waals surface area contributed by atoms with E-state index >= 15 is 0 Å². The van der Waals surface area contributed by atoms with Crippen LogP contribution in [0.25, 0.3) is 0 Å². The van der Waals surface area contributed by atoms with Crippen molar-refractivity contribution in [1.82, 2.24) is 15.1 Å². The minimum absolute atomic E-state index is 0.719. The van der Waals surface area contributed by atoms with Gasteiger partial charge in [0.25, 0.3) is 0 Å². The van der Waals surface area contributed by atoms with Crippen molar-refractivity contribution in [2.75, 3.05) is 46.9 Å². The second-order valence-corrected chi connectivity index (χ2v) is 9.47. The molecule has 170 valence electrons. The van der Waals surface area contributed by atoms with Crippen LogP contribution in [0.4, 0.5) is 0 Å². The maximum absolute atomic E-state index is 5.60. The van der Waals surface area contributed by atoms with Crippen LogP contribution in [0.15, 0.2) is 44.7 Å². The lowest BCUT2D eigenvalue weighted by atomic mass is 10.0. The van der Waals surface area contributed by atoms with Gasteiger partial charge in [-0.25, -0.2) is 4.99 Å². The van der Waals surface area contributed by atoms with Crippen LogP contribution in [-0.4, -0.2) is 68.5 Å². The van der Waals surface area contributed by atoms with Gasteiger partial charge >= 0.3 is 0 Å². The summed E-state index contributed by atoms with van der Waals surface area (Å²) in [6, 6.07) is 0. The van der Waals surface area contributed by atoms with Crippen molar-refractivity contribution in [1.29, 1.82) is 0 Å². The number of ether oxygens (including phenoxy) is 1. The predicted octanol–water partition coefficient (Wildman–Crippen LogP) is 4.09. The van der Waals surface area contributed by atoms with Crippen molar-refractivity contribution in [3.05, 3.63) is 34.8 Å². The number of aliphatic imine (C=N–C) groups is 2. The molecule has 0 amide bonds. The molecule has 1 atom stereocenters. The third kappa shape index (κ3) is 5.79. The number of nitrogens with one attached hydrogen (secondary N) is 1. The fraction of sp³-hybridized carbons (Fsp3) is 0.680. The molecular formula is C25H39N5O. The molecular weight excluding hydrogens is 386 g/mol. The summed E-state index contributed by atoms with van der Waals surface area (Å²) in [5, 5.41) is 3.75. The van der Waals surface area contributed by atoms with Crippen LogP contribution in [0.1, 0.15) is 58.3 Å². The number of allylic oxidation sites excluding steroid dienone is 3. The number of methoxy groups -OCH3 is 1. The standard InChI is InChI=1S/C25H39N5O/c1-19-16-22-21(9-10-23(19)31-3)17-24(26-18-20-8-7-12-29(2)15-11-20)28-25(27-22)30-13-5-4-6-14-30/h10,16,20H,4-9,11-15,17-18H2,1-3H3,(H,26,27,28). The van der Waals surface area contributed by atoms with Crippen molar-refractivity contribution in [3.8, 4) is 0 Å². The molecule has 31 heavy (non-hydrogen) atoms. The molecule has 6 nitrogen and oxygen atoms in total. The van der Waals surface area contributed by atoms with E-state index in [-0.39, 0.29) is 0 Å². The van der Waals surface area contributed by atoms with Gasteiger partial charge in [0.05, 0.1) is 12.8 Å². The van der Waals surface area contributed by atoms with E-state index < -0.39 is 0 Å². The first-order valence-electron chi connectivity index (χ1n) is 12.1. The Morgan fingerprint density at radius 2 is 1.90 bits per heavy atom. The summed E-state index contributed by atoms with van der Waals surface area (Å²) in [5.74, 6) is 3.64. The minimum atomic E-state index is 0.719. The van der Waals surface area contributed by atoms with Gasteiger partial charge in [-0.2, -0.15) is 4.99 Å². The Hall–Kier alpha value is -2.08. The smallest absolute Gasteiger partial charge is 0.227 e. The van der Waals surface area contributed by atoms with E-state index in [0.29, 0.717) is 0 Å². The van der Waals surface area contributed by atoms with Crippen LogP contribution in [0.5, 0.6) is 0 Å². The van der Waals surface area contributed by atoms with Gasteiger partial charge in [-0.3, -0.25) is 0 Å². The SMILES string of the molecule is COC1=CCC2=C(C=C1C)N=C(N1CCCCC1)N=C(NCC1CCCN(C)CC1)C2. The first-order valence-corrected chi connectivity index (χ1v) is 12.1. The highest BCUT2D eigenvalue weighted by Crippen LogP contribution is 2.28. The Morgan fingerprint density at radius 1 is 1.06 bits per heavy atom. The molecule has 1 aliphatic carbocycles. The van der Waals surface area contributed by atoms with Gasteiger partial charge in [-0.05, 0) is 101 Å². The van der Waals surface area contributed by atoms with Crippen LogP contribution >= 0.6 is 0 Å². The molecule has 3 heterocycles. The van der Waals surface area contributed by atoms with E-state index in [4.69, 9.17) is 14.7 Å². The summed E-state index contributed by atoms with van der Waals surface area (Å²) in [4.78, 5) is 15.0. The van der Waals surface area contributed by atoms with E-state index in [1.165, 1.54) is 57.2 Å². The monoisotopic (exact) mass is 425 g/mol. The van der Waals surface area contributed by atoms with Crippen molar-refractivity contribution in [2.24, 2.45) is 15.9 Å². The topological polar surface area (TPSA) is 52.5 Å². The Balaban J connectivity index is 1.55. The summed E-state index contributed by atoms with van der Waals surface area (Å²) in [6.45, 7) is 7.64. The molecule has 1 unspecified atom stereocenters. The number of hydrogen-bond acceptors (Lipinski definition) is 6. The fourth-order valence-corrected chi connectivity index (χ4v) is 4.99. The van der Waals surface area contributed by atoms with Gasteiger partial charge < -0.3 is 19.9 Å². The third-order valence-corrected chi connectivity index (χ3v) is 7.00. The Kier molecular flexibility index (Phi) is 7.49. The first-order chi connectivity index (χ1) is 15.1. The molecule has 0 aromatic heterocycles. The van der Waals surface area contributed by atoms with E-state index in [9.17, 15) is 0 Å². The largest absolute Gasteiger partial charge is 0.497 e. The summed E-state index contributed by atoms with van der Waals surface area (Å²) < 4.78 is 5.60. The molecule has 4 rings (SSSR count). The summed E-state index contributed by atoms with van der Waals surface area (Å²) in [6.07, 6.45) is 13.7. The zero-order valence-corrected chi connectivity index (χ0v) is 19.6. The molecule has 0 radical (unpaired) electrons. The lowest BCUT2D eigenvalue weighted by Gasteiger charge is -2.27. The zero-order chi connectivity index (χ0) is 21.6. The number of nitrogens with zero attached hydrogens (tertiary/aromatic N) is 4. The number of likely N-dealkylation sites (tertiary alicyclic amines) is 2. The van der Waals surface area contributed by atoms with E-state index in [2.05, 4.69) is 41.2 Å². The molecule has 4 aliphatic rings. The molecule has 0 aromatic rings. The van der Waals surface area contributed by atoms with Crippen molar-refractivity contribution in [2.45, 2.75) is 58.3 Å². The predicted molar refractivity (Wildman–Crippen MR) is 128 cm³/mol. The van der Waals surface area contributed by atoms with Gasteiger partial charge in [0.2, 0.25) is 5.96 Å². The van der Waals surface area contributed by atoms with Crippen LogP contribution in [0, 0.1) is 5.92 Å². The fourth-order valence-electron chi connectivity index (χ4n) is 4.99. The summed E-state index contributed by atoms with van der Waals surface area (Å²) >= 11 is 0. The molecule has 2 fully saturated rings. The van der Waals surface area contributed by atoms with Gasteiger partial charge in [-0.15, -0.1) is 0 Å². The summed E-state index contributed by atoms with van der Waals surface area (Å²) in [5.41, 5.74) is 3.52. The van der Waals surface area contributed by atoms with Crippen LogP contribution in [0.2, 0.25) is 0 Å². The van der Waals surface area contributed by atoms with Crippen molar-refractivity contribution in [3.63, 3.8) is 0 Å². The van der Waals surface area contributed by atoms with Crippen LogP contribution < -0.4 is 5.32 Å². The van der Waals surface area contributed by atoms with E-state index in [1.54, 1.807) is 7.11 Å². The Bertz CT molecular complexity index is 801. The molecule has 2 saturated heterocycles. The number of rotatable bonds is 3. The van der Waals surface area contributed by atoms with Gasteiger partial charge in [0.1, 0.15) is 11.6 Å². The number of amidine groups is 1. The summed E-state index contributed by atoms with van der Waals surface area (Å²) in [7, 11) is 3.99. The number of guanidine groups is 1. The highest BCUT2D eigenvalue weighted by atomic mass is 16.5. The molecule has 3 aliphatic heterocycles. The average molecular weight is 426 g/mol.